The molecule has 2 aromatic carbocycles. The summed E-state index contributed by atoms with van der Waals surface area (Å²) in [5, 5.41) is 12.2. The minimum atomic E-state index is -0.975. The van der Waals surface area contributed by atoms with Crippen molar-refractivity contribution in [1.82, 2.24) is 5.32 Å². The summed E-state index contributed by atoms with van der Waals surface area (Å²) in [5.74, 6) is -1.18. The minimum Gasteiger partial charge on any atom is -0.478 e. The number of nitrogens with zero attached hydrogens (tertiary/aromatic N) is 1. The molecule has 1 amide bonds. The van der Waals surface area contributed by atoms with Gasteiger partial charge in [0.25, 0.3) is 5.91 Å². The monoisotopic (exact) mass is 380 g/mol. The third-order valence-electron chi connectivity index (χ3n) is 4.09. The lowest BCUT2D eigenvalue weighted by Gasteiger charge is -2.01. The van der Waals surface area contributed by atoms with Gasteiger partial charge in [0, 0.05) is 0 Å². The topological polar surface area (TPSA) is 78.8 Å². The maximum Gasteiger partial charge on any atom is 0.335 e. The highest BCUT2D eigenvalue weighted by Gasteiger charge is 2.23. The van der Waals surface area contributed by atoms with Crippen LogP contribution in [0.15, 0.2) is 58.4 Å². The number of thioether (sulfide) groups is 1. The standard InChI is InChI=1S/C21H20N2O3S/c1-2-3-4-14-7-11-17(12-8-14)22-21-23-19(24)18(27-21)13-15-5-9-16(10-6-15)20(25)26/h5-13H,2-4H2,1H3,(H,25,26)(H,22,23,24)/b18-13-. The van der Waals surface area contributed by atoms with Crippen molar-refractivity contribution in [3.8, 4) is 0 Å². The summed E-state index contributed by atoms with van der Waals surface area (Å²) < 4.78 is 0. The normalized spacial score (nSPS) is 16.7. The minimum absolute atomic E-state index is 0.208. The number of hydrogen-bond donors (Lipinski definition) is 2. The number of unbranched alkanes of at least 4 members (excludes halogenated alkanes) is 1. The first-order chi connectivity index (χ1) is 13.0. The number of carbonyl (C=O) groups is 2. The largest absolute Gasteiger partial charge is 0.478 e. The molecule has 0 unspecified atom stereocenters. The zero-order valence-electron chi connectivity index (χ0n) is 14.9. The predicted molar refractivity (Wildman–Crippen MR) is 109 cm³/mol. The van der Waals surface area contributed by atoms with Crippen molar-refractivity contribution in [2.75, 3.05) is 0 Å². The van der Waals surface area contributed by atoms with Gasteiger partial charge in [-0.3, -0.25) is 4.79 Å². The zero-order valence-corrected chi connectivity index (χ0v) is 15.8. The van der Waals surface area contributed by atoms with Crippen LogP contribution in [0.5, 0.6) is 0 Å². The Hall–Kier alpha value is -2.86. The van der Waals surface area contributed by atoms with Gasteiger partial charge < -0.3 is 10.4 Å². The molecule has 0 radical (unpaired) electrons. The quantitative estimate of drug-likeness (QED) is 0.717. The van der Waals surface area contributed by atoms with E-state index in [0.717, 1.165) is 17.7 Å². The number of aryl methyl sites for hydroxylation is 1. The number of benzene rings is 2. The molecular weight excluding hydrogens is 360 g/mol. The number of carboxylic acid groups (broad SMARTS) is 1. The highest BCUT2D eigenvalue weighted by Crippen LogP contribution is 2.28. The van der Waals surface area contributed by atoms with Gasteiger partial charge in [-0.2, -0.15) is 0 Å². The first-order valence-electron chi connectivity index (χ1n) is 8.77. The van der Waals surface area contributed by atoms with Crippen LogP contribution >= 0.6 is 11.8 Å². The first-order valence-corrected chi connectivity index (χ1v) is 9.58. The van der Waals surface area contributed by atoms with E-state index < -0.39 is 5.97 Å². The summed E-state index contributed by atoms with van der Waals surface area (Å²) >= 11 is 1.27. The summed E-state index contributed by atoms with van der Waals surface area (Å²) in [7, 11) is 0. The van der Waals surface area contributed by atoms with E-state index in [2.05, 4.69) is 29.4 Å². The van der Waals surface area contributed by atoms with Gasteiger partial charge in [-0.25, -0.2) is 9.79 Å². The average Bonchev–Trinajstić information content (AvgIpc) is 3.00. The fourth-order valence-electron chi connectivity index (χ4n) is 2.59. The summed E-state index contributed by atoms with van der Waals surface area (Å²) in [6.45, 7) is 2.17. The zero-order chi connectivity index (χ0) is 19.2. The van der Waals surface area contributed by atoms with Crippen LogP contribution in [0.2, 0.25) is 0 Å². The highest BCUT2D eigenvalue weighted by atomic mass is 32.2. The summed E-state index contributed by atoms with van der Waals surface area (Å²) in [6, 6.07) is 14.4. The van der Waals surface area contributed by atoms with Gasteiger partial charge in [-0.05, 0) is 66.1 Å². The second-order valence-electron chi connectivity index (χ2n) is 6.18. The lowest BCUT2D eigenvalue weighted by atomic mass is 10.1. The Bertz CT molecular complexity index is 900. The predicted octanol–water partition coefficient (Wildman–Crippen LogP) is 4.62. The van der Waals surface area contributed by atoms with Gasteiger partial charge in [0.2, 0.25) is 0 Å². The molecule has 1 aliphatic rings. The Labute approximate surface area is 162 Å². The number of carbonyl (C=O) groups excluding carboxylic acids is 1. The number of hydrogen-bond acceptors (Lipinski definition) is 4. The third kappa shape index (κ3) is 5.08. The van der Waals surface area contributed by atoms with Crippen molar-refractivity contribution in [1.29, 1.82) is 0 Å². The summed E-state index contributed by atoms with van der Waals surface area (Å²) in [4.78, 5) is 28.1. The number of carboxylic acids is 1. The molecule has 3 rings (SSSR count). The Balaban J connectivity index is 1.70. The number of amides is 1. The van der Waals surface area contributed by atoms with Crippen LogP contribution in [0.25, 0.3) is 6.08 Å². The molecule has 0 saturated carbocycles. The smallest absolute Gasteiger partial charge is 0.335 e. The van der Waals surface area contributed by atoms with Gasteiger partial charge in [0.15, 0.2) is 5.17 Å². The first kappa shape index (κ1) is 18.9. The van der Waals surface area contributed by atoms with E-state index in [4.69, 9.17) is 5.11 Å². The third-order valence-corrected chi connectivity index (χ3v) is 5.00. The van der Waals surface area contributed by atoms with Crippen molar-refractivity contribution in [2.24, 2.45) is 4.99 Å². The van der Waals surface area contributed by atoms with Crippen LogP contribution in [0.3, 0.4) is 0 Å². The van der Waals surface area contributed by atoms with E-state index in [-0.39, 0.29) is 11.5 Å². The molecule has 6 heteroatoms. The van der Waals surface area contributed by atoms with Crippen molar-refractivity contribution in [3.63, 3.8) is 0 Å². The van der Waals surface area contributed by atoms with Crippen molar-refractivity contribution < 1.29 is 14.7 Å². The van der Waals surface area contributed by atoms with Crippen LogP contribution in [0.4, 0.5) is 5.69 Å². The SMILES string of the molecule is CCCCc1ccc(N=C2NC(=O)/C(=C/c3ccc(C(=O)O)cc3)S2)cc1. The second kappa shape index (κ2) is 8.68. The fourth-order valence-corrected chi connectivity index (χ4v) is 3.43. The lowest BCUT2D eigenvalue weighted by Crippen LogP contribution is -2.19. The van der Waals surface area contributed by atoms with Crippen LogP contribution in [0.1, 0.15) is 41.3 Å². The van der Waals surface area contributed by atoms with Crippen LogP contribution in [-0.4, -0.2) is 22.2 Å². The molecule has 1 aliphatic heterocycles. The number of rotatable bonds is 6. The number of amidine groups is 1. The summed E-state index contributed by atoms with van der Waals surface area (Å²) in [6.07, 6.45) is 5.12. The van der Waals surface area contributed by atoms with Crippen molar-refractivity contribution >= 4 is 40.6 Å². The van der Waals surface area contributed by atoms with Crippen LogP contribution in [-0.2, 0) is 11.2 Å². The summed E-state index contributed by atoms with van der Waals surface area (Å²) in [5.41, 5.74) is 3.06. The molecule has 1 saturated heterocycles. The molecule has 0 aromatic heterocycles. The molecule has 0 bridgehead atoms. The van der Waals surface area contributed by atoms with Crippen LogP contribution in [0, 0.1) is 0 Å². The number of nitrogens with one attached hydrogen (secondary N) is 1. The molecule has 2 aromatic rings. The number of aliphatic imine (C=N–C) groups is 1. The highest BCUT2D eigenvalue weighted by molar-refractivity contribution is 8.18. The molecule has 1 fully saturated rings. The lowest BCUT2D eigenvalue weighted by molar-refractivity contribution is -0.115. The molecule has 138 valence electrons. The van der Waals surface area contributed by atoms with Crippen LogP contribution < -0.4 is 5.32 Å². The molecule has 2 N–H and O–H groups in total. The molecule has 1 heterocycles. The van der Waals surface area contributed by atoms with E-state index >= 15 is 0 Å². The van der Waals surface area contributed by atoms with E-state index in [0.29, 0.717) is 10.1 Å². The van der Waals surface area contributed by atoms with Gasteiger partial charge in [0.05, 0.1) is 16.2 Å². The molecule has 5 nitrogen and oxygen atoms in total. The Kier molecular flexibility index (Phi) is 6.08. The Morgan fingerprint density at radius 1 is 1.15 bits per heavy atom. The fraction of sp³-hybridized carbons (Fsp3) is 0.190. The van der Waals surface area contributed by atoms with Gasteiger partial charge >= 0.3 is 5.97 Å². The Morgan fingerprint density at radius 2 is 1.85 bits per heavy atom. The van der Waals surface area contributed by atoms with Crippen molar-refractivity contribution in [3.05, 3.63) is 70.1 Å². The number of aromatic carboxylic acids is 1. The van der Waals surface area contributed by atoms with Gasteiger partial charge in [-0.1, -0.05) is 37.6 Å². The van der Waals surface area contributed by atoms with Gasteiger partial charge in [0.1, 0.15) is 0 Å². The molecule has 27 heavy (non-hydrogen) atoms. The molecule has 0 spiro atoms. The van der Waals surface area contributed by atoms with E-state index in [1.54, 1.807) is 18.2 Å². The van der Waals surface area contributed by atoms with Crippen molar-refractivity contribution in [2.45, 2.75) is 26.2 Å². The van der Waals surface area contributed by atoms with E-state index in [9.17, 15) is 9.59 Å². The molecule has 0 aliphatic carbocycles. The maximum absolute atomic E-state index is 12.2. The molecule has 0 atom stereocenters. The van der Waals surface area contributed by atoms with E-state index in [1.165, 1.54) is 42.3 Å². The van der Waals surface area contributed by atoms with E-state index in [1.807, 2.05) is 12.1 Å². The van der Waals surface area contributed by atoms with Gasteiger partial charge in [-0.15, -0.1) is 0 Å². The average molecular weight is 380 g/mol. The second-order valence-corrected chi connectivity index (χ2v) is 7.21. The molecular formula is C21H20N2O3S. The maximum atomic E-state index is 12.2. The Morgan fingerprint density at radius 3 is 2.48 bits per heavy atom.